The van der Waals surface area contributed by atoms with Gasteiger partial charge in [-0.3, -0.25) is 9.59 Å². The first-order valence-corrected chi connectivity index (χ1v) is 7.79. The Labute approximate surface area is 141 Å². The van der Waals surface area contributed by atoms with Crippen molar-refractivity contribution in [3.05, 3.63) is 65.2 Å². The third kappa shape index (κ3) is 5.35. The van der Waals surface area contributed by atoms with Crippen LogP contribution in [0.15, 0.2) is 53.6 Å². The number of amides is 2. The van der Waals surface area contributed by atoms with Crippen LogP contribution in [0.2, 0.25) is 0 Å². The molecule has 24 heavy (non-hydrogen) atoms. The van der Waals surface area contributed by atoms with Crippen LogP contribution in [0, 0.1) is 13.8 Å². The third-order valence-electron chi connectivity index (χ3n) is 3.66. The van der Waals surface area contributed by atoms with E-state index in [0.717, 1.165) is 22.4 Å². The Kier molecular flexibility index (Phi) is 6.25. The maximum Gasteiger partial charge on any atom is 0.240 e. The van der Waals surface area contributed by atoms with Gasteiger partial charge in [-0.2, -0.15) is 5.10 Å². The van der Waals surface area contributed by atoms with Gasteiger partial charge < -0.3 is 5.32 Å². The van der Waals surface area contributed by atoms with Crippen LogP contribution in [0.3, 0.4) is 0 Å². The van der Waals surface area contributed by atoms with E-state index >= 15 is 0 Å². The first kappa shape index (κ1) is 17.4. The molecule has 0 saturated carbocycles. The largest absolute Gasteiger partial charge is 0.326 e. The minimum atomic E-state index is -0.293. The van der Waals surface area contributed by atoms with E-state index in [4.69, 9.17) is 0 Å². The molecule has 0 unspecified atom stereocenters. The van der Waals surface area contributed by atoms with E-state index in [1.54, 1.807) is 6.21 Å². The summed E-state index contributed by atoms with van der Waals surface area (Å²) in [5, 5.41) is 6.70. The average molecular weight is 323 g/mol. The Morgan fingerprint density at radius 3 is 2.42 bits per heavy atom. The lowest BCUT2D eigenvalue weighted by Crippen LogP contribution is -2.21. The Balaban J connectivity index is 1.76. The summed E-state index contributed by atoms with van der Waals surface area (Å²) in [4.78, 5) is 23.7. The molecule has 0 aliphatic carbocycles. The fourth-order valence-corrected chi connectivity index (χ4v) is 2.10. The molecule has 0 saturated heterocycles. The summed E-state index contributed by atoms with van der Waals surface area (Å²) < 4.78 is 0. The van der Waals surface area contributed by atoms with Gasteiger partial charge in [-0.05, 0) is 36.6 Å². The predicted molar refractivity (Wildman–Crippen MR) is 96.0 cm³/mol. The number of rotatable bonds is 6. The molecule has 5 nitrogen and oxygen atoms in total. The van der Waals surface area contributed by atoms with Crippen LogP contribution in [0.5, 0.6) is 0 Å². The number of anilines is 1. The quantitative estimate of drug-likeness (QED) is 0.633. The first-order chi connectivity index (χ1) is 11.6. The van der Waals surface area contributed by atoms with Crippen molar-refractivity contribution in [3.63, 3.8) is 0 Å². The van der Waals surface area contributed by atoms with Gasteiger partial charge in [0.1, 0.15) is 0 Å². The Bertz CT molecular complexity index is 740. The molecular formula is C19H21N3O2. The zero-order valence-electron chi connectivity index (χ0n) is 13.9. The number of benzene rings is 2. The molecule has 2 aromatic carbocycles. The normalized spacial score (nSPS) is 10.6. The lowest BCUT2D eigenvalue weighted by atomic mass is 10.1. The number of carbonyl (C=O) groups excluding carboxylic acids is 2. The van der Waals surface area contributed by atoms with Gasteiger partial charge in [-0.25, -0.2) is 5.43 Å². The average Bonchev–Trinajstić information content (AvgIpc) is 2.58. The molecule has 2 aromatic rings. The summed E-state index contributed by atoms with van der Waals surface area (Å²) in [6.45, 7) is 3.94. The van der Waals surface area contributed by atoms with Gasteiger partial charge in [0.15, 0.2) is 0 Å². The van der Waals surface area contributed by atoms with Crippen LogP contribution in [-0.4, -0.2) is 18.0 Å². The number of aryl methyl sites for hydroxylation is 1. The molecule has 0 bridgehead atoms. The summed E-state index contributed by atoms with van der Waals surface area (Å²) >= 11 is 0. The van der Waals surface area contributed by atoms with Crippen molar-refractivity contribution in [1.29, 1.82) is 0 Å². The molecule has 124 valence electrons. The molecule has 2 N–H and O–H groups in total. The van der Waals surface area contributed by atoms with E-state index in [0.29, 0.717) is 0 Å². The SMILES string of the molecule is Cc1cccc(NC(=O)CCC(=O)N/N=C\c2ccccc2)c1C. The van der Waals surface area contributed by atoms with Gasteiger partial charge in [0, 0.05) is 18.5 Å². The molecule has 2 rings (SSSR count). The van der Waals surface area contributed by atoms with E-state index in [1.807, 2.05) is 62.4 Å². The summed E-state index contributed by atoms with van der Waals surface area (Å²) in [6, 6.07) is 15.2. The number of hydrogen-bond donors (Lipinski definition) is 2. The minimum Gasteiger partial charge on any atom is -0.326 e. The number of nitrogens with one attached hydrogen (secondary N) is 2. The highest BCUT2D eigenvalue weighted by atomic mass is 16.2. The topological polar surface area (TPSA) is 70.6 Å². The van der Waals surface area contributed by atoms with Gasteiger partial charge >= 0.3 is 0 Å². The lowest BCUT2D eigenvalue weighted by molar-refractivity contribution is -0.124. The summed E-state index contributed by atoms with van der Waals surface area (Å²) in [5.41, 5.74) is 6.24. The Morgan fingerprint density at radius 1 is 0.958 bits per heavy atom. The molecule has 0 radical (unpaired) electrons. The second kappa shape index (κ2) is 8.62. The van der Waals surface area contributed by atoms with Crippen LogP contribution in [0.1, 0.15) is 29.5 Å². The van der Waals surface area contributed by atoms with E-state index < -0.39 is 0 Å². The van der Waals surface area contributed by atoms with Crippen molar-refractivity contribution < 1.29 is 9.59 Å². The molecule has 5 heteroatoms. The molecule has 0 aliphatic rings. The Morgan fingerprint density at radius 2 is 1.67 bits per heavy atom. The van der Waals surface area contributed by atoms with Crippen molar-refractivity contribution in [3.8, 4) is 0 Å². The molecule has 0 atom stereocenters. The zero-order valence-corrected chi connectivity index (χ0v) is 13.9. The third-order valence-corrected chi connectivity index (χ3v) is 3.66. The van der Waals surface area contributed by atoms with Crippen molar-refractivity contribution in [2.24, 2.45) is 5.10 Å². The predicted octanol–water partition coefficient (Wildman–Crippen LogP) is 3.17. The number of carbonyl (C=O) groups is 2. The maximum absolute atomic E-state index is 11.9. The zero-order chi connectivity index (χ0) is 17.4. The van der Waals surface area contributed by atoms with Crippen molar-refractivity contribution in [1.82, 2.24) is 5.43 Å². The summed E-state index contributed by atoms with van der Waals surface area (Å²) in [6.07, 6.45) is 1.76. The molecular weight excluding hydrogens is 302 g/mol. The summed E-state index contributed by atoms with van der Waals surface area (Å²) in [7, 11) is 0. The number of nitrogens with zero attached hydrogens (tertiary/aromatic N) is 1. The fourth-order valence-electron chi connectivity index (χ4n) is 2.10. The highest BCUT2D eigenvalue weighted by Crippen LogP contribution is 2.18. The molecule has 2 amide bonds. The van der Waals surface area contributed by atoms with E-state index in [2.05, 4.69) is 15.8 Å². The van der Waals surface area contributed by atoms with E-state index in [1.165, 1.54) is 0 Å². The second-order valence-electron chi connectivity index (χ2n) is 5.50. The van der Waals surface area contributed by atoms with Crippen molar-refractivity contribution in [2.45, 2.75) is 26.7 Å². The van der Waals surface area contributed by atoms with Gasteiger partial charge in [0.2, 0.25) is 11.8 Å². The molecule has 0 fully saturated rings. The fraction of sp³-hybridized carbons (Fsp3) is 0.211. The van der Waals surface area contributed by atoms with Crippen LogP contribution in [-0.2, 0) is 9.59 Å². The molecule has 0 spiro atoms. The van der Waals surface area contributed by atoms with Crippen molar-refractivity contribution >= 4 is 23.7 Å². The van der Waals surface area contributed by atoms with Crippen molar-refractivity contribution in [2.75, 3.05) is 5.32 Å². The van der Waals surface area contributed by atoms with Gasteiger partial charge in [-0.1, -0.05) is 42.5 Å². The molecule has 0 aliphatic heterocycles. The van der Waals surface area contributed by atoms with Gasteiger partial charge in [0.05, 0.1) is 6.21 Å². The molecule has 0 aromatic heterocycles. The highest BCUT2D eigenvalue weighted by molar-refractivity contribution is 5.94. The molecule has 0 heterocycles. The smallest absolute Gasteiger partial charge is 0.240 e. The standard InChI is InChI=1S/C19H21N3O2/c1-14-7-6-10-17(15(14)2)21-18(23)11-12-19(24)22-20-13-16-8-4-3-5-9-16/h3-10,13H,11-12H2,1-2H3,(H,21,23)(H,22,24)/b20-13-. The number of hydrogen-bond acceptors (Lipinski definition) is 3. The minimum absolute atomic E-state index is 0.0861. The first-order valence-electron chi connectivity index (χ1n) is 7.79. The Hall–Kier alpha value is -2.95. The lowest BCUT2D eigenvalue weighted by Gasteiger charge is -2.10. The second-order valence-corrected chi connectivity index (χ2v) is 5.50. The maximum atomic E-state index is 11.9. The number of hydrazone groups is 1. The van der Waals surface area contributed by atoms with Crippen LogP contribution in [0.25, 0.3) is 0 Å². The monoisotopic (exact) mass is 323 g/mol. The van der Waals surface area contributed by atoms with Crippen LogP contribution >= 0.6 is 0 Å². The van der Waals surface area contributed by atoms with Gasteiger partial charge in [0.25, 0.3) is 0 Å². The highest BCUT2D eigenvalue weighted by Gasteiger charge is 2.08. The van der Waals surface area contributed by atoms with E-state index in [9.17, 15) is 9.59 Å². The van der Waals surface area contributed by atoms with Gasteiger partial charge in [-0.15, -0.1) is 0 Å². The van der Waals surface area contributed by atoms with Crippen LogP contribution in [0.4, 0.5) is 5.69 Å². The van der Waals surface area contributed by atoms with E-state index in [-0.39, 0.29) is 24.7 Å². The summed E-state index contributed by atoms with van der Waals surface area (Å²) in [5.74, 6) is -0.482. The van der Waals surface area contributed by atoms with Crippen LogP contribution < -0.4 is 10.7 Å².